The molecule has 0 aliphatic heterocycles. The monoisotopic (exact) mass is 228 g/mol. The smallest absolute Gasteiger partial charge is 0.201 e. The number of hydrogen-bond acceptors (Lipinski definition) is 4. The molecular weight excluding hydrogens is 216 g/mol. The third kappa shape index (κ3) is 1.81. The van der Waals surface area contributed by atoms with E-state index in [-0.39, 0.29) is 0 Å². The predicted octanol–water partition coefficient (Wildman–Crippen LogP) is 1.55. The van der Waals surface area contributed by atoms with Gasteiger partial charge in [-0.15, -0.1) is 0 Å². The lowest BCUT2D eigenvalue weighted by atomic mass is 10.1. The number of nitrogens with zero attached hydrogens (tertiary/aromatic N) is 3. The van der Waals surface area contributed by atoms with Crippen molar-refractivity contribution >= 4 is 5.95 Å². The van der Waals surface area contributed by atoms with Crippen LogP contribution in [0.2, 0.25) is 0 Å². The molecule has 2 N–H and O–H groups in total. The summed E-state index contributed by atoms with van der Waals surface area (Å²) in [4.78, 5) is 4.00. The number of nitrogen functional groups attached to an aromatic ring is 1. The summed E-state index contributed by atoms with van der Waals surface area (Å²) >= 11 is 0. The molecule has 0 aliphatic rings. The minimum absolute atomic E-state index is 0.326. The average Bonchev–Trinajstić information content (AvgIpc) is 2.65. The van der Waals surface area contributed by atoms with E-state index in [4.69, 9.17) is 15.7 Å². The van der Waals surface area contributed by atoms with Crippen LogP contribution in [0, 0.1) is 11.3 Å². The topological polar surface area (TPSA) is 76.9 Å². The minimum Gasteiger partial charge on any atom is -0.497 e. The van der Waals surface area contributed by atoms with Crippen LogP contribution in [0.25, 0.3) is 11.3 Å². The Labute approximate surface area is 99.1 Å². The molecule has 0 unspecified atom stereocenters. The second kappa shape index (κ2) is 4.18. The molecule has 17 heavy (non-hydrogen) atoms. The Morgan fingerprint density at radius 2 is 2.00 bits per heavy atom. The number of methoxy groups -OCH3 is 1. The molecule has 1 aromatic heterocycles. The number of nitriles is 1. The summed E-state index contributed by atoms with van der Waals surface area (Å²) in [6.45, 7) is 0. The maximum atomic E-state index is 9.01. The zero-order valence-electron chi connectivity index (χ0n) is 9.64. The highest BCUT2D eigenvalue weighted by Crippen LogP contribution is 2.26. The molecule has 0 saturated carbocycles. The first-order chi connectivity index (χ1) is 8.17. The van der Waals surface area contributed by atoms with Crippen LogP contribution in [-0.2, 0) is 7.05 Å². The molecule has 86 valence electrons. The maximum Gasteiger partial charge on any atom is 0.201 e. The molecule has 0 saturated heterocycles. The molecule has 1 aromatic carbocycles. The summed E-state index contributed by atoms with van der Waals surface area (Å²) in [5.41, 5.74) is 7.61. The van der Waals surface area contributed by atoms with E-state index < -0.39 is 0 Å². The first-order valence-corrected chi connectivity index (χ1v) is 5.04. The standard InChI is InChI=1S/C12H12N4O/c1-16-11(10(7-13)15-12(16)14)8-3-5-9(17-2)6-4-8/h3-6H,1-2H3,(H2,14,15). The van der Waals surface area contributed by atoms with E-state index in [1.165, 1.54) is 0 Å². The molecule has 0 atom stereocenters. The van der Waals surface area contributed by atoms with E-state index in [1.54, 1.807) is 18.7 Å². The van der Waals surface area contributed by atoms with Crippen LogP contribution in [0.3, 0.4) is 0 Å². The number of hydrogen-bond donors (Lipinski definition) is 1. The van der Waals surface area contributed by atoms with Crippen molar-refractivity contribution in [2.45, 2.75) is 0 Å². The van der Waals surface area contributed by atoms with Gasteiger partial charge >= 0.3 is 0 Å². The van der Waals surface area contributed by atoms with Crippen LogP contribution in [0.15, 0.2) is 24.3 Å². The van der Waals surface area contributed by atoms with Crippen molar-refractivity contribution in [3.05, 3.63) is 30.0 Å². The van der Waals surface area contributed by atoms with E-state index in [9.17, 15) is 0 Å². The van der Waals surface area contributed by atoms with Gasteiger partial charge in [-0.25, -0.2) is 4.98 Å². The summed E-state index contributed by atoms with van der Waals surface area (Å²) in [5.74, 6) is 1.09. The Hall–Kier alpha value is -2.48. The van der Waals surface area contributed by atoms with Gasteiger partial charge in [0.2, 0.25) is 5.95 Å². The van der Waals surface area contributed by atoms with Gasteiger partial charge in [0.25, 0.3) is 0 Å². The quantitative estimate of drug-likeness (QED) is 0.846. The SMILES string of the molecule is COc1ccc(-c2c(C#N)nc(N)n2C)cc1. The Bertz CT molecular complexity index is 578. The summed E-state index contributed by atoms with van der Waals surface area (Å²) in [5, 5.41) is 9.01. The Morgan fingerprint density at radius 3 is 2.53 bits per heavy atom. The third-order valence-electron chi connectivity index (χ3n) is 2.60. The minimum atomic E-state index is 0.326. The predicted molar refractivity (Wildman–Crippen MR) is 64.3 cm³/mol. The van der Waals surface area contributed by atoms with Gasteiger partial charge in [-0.05, 0) is 24.3 Å². The van der Waals surface area contributed by atoms with Crippen molar-refractivity contribution in [3.63, 3.8) is 0 Å². The van der Waals surface area contributed by atoms with Gasteiger partial charge in [0.05, 0.1) is 12.8 Å². The van der Waals surface area contributed by atoms with E-state index in [0.717, 1.165) is 11.3 Å². The fourth-order valence-corrected chi connectivity index (χ4v) is 1.67. The number of benzene rings is 1. The summed E-state index contributed by atoms with van der Waals surface area (Å²) < 4.78 is 6.78. The van der Waals surface area contributed by atoms with Gasteiger partial charge in [-0.1, -0.05) is 0 Å². The van der Waals surface area contributed by atoms with Crippen LogP contribution in [0.1, 0.15) is 5.69 Å². The highest BCUT2D eigenvalue weighted by Gasteiger charge is 2.14. The normalized spacial score (nSPS) is 9.94. The third-order valence-corrected chi connectivity index (χ3v) is 2.60. The molecule has 5 nitrogen and oxygen atoms in total. The molecule has 0 amide bonds. The van der Waals surface area contributed by atoms with Gasteiger partial charge in [-0.3, -0.25) is 0 Å². The van der Waals surface area contributed by atoms with Crippen LogP contribution in [-0.4, -0.2) is 16.7 Å². The maximum absolute atomic E-state index is 9.01. The zero-order valence-corrected chi connectivity index (χ0v) is 9.64. The summed E-state index contributed by atoms with van der Waals surface area (Å²) in [7, 11) is 3.39. The molecular formula is C12H12N4O. The highest BCUT2D eigenvalue weighted by atomic mass is 16.5. The summed E-state index contributed by atoms with van der Waals surface area (Å²) in [6.07, 6.45) is 0. The number of imidazole rings is 1. The van der Waals surface area contributed by atoms with Crippen molar-refractivity contribution in [1.82, 2.24) is 9.55 Å². The van der Waals surface area contributed by atoms with E-state index in [1.807, 2.05) is 30.3 Å². The zero-order chi connectivity index (χ0) is 12.4. The second-order valence-corrected chi connectivity index (χ2v) is 3.57. The van der Waals surface area contributed by atoms with Crippen LogP contribution in [0.5, 0.6) is 5.75 Å². The molecule has 2 aromatic rings. The Kier molecular flexibility index (Phi) is 2.71. The molecule has 5 heteroatoms. The van der Waals surface area contributed by atoms with Gasteiger partial charge < -0.3 is 15.0 Å². The fraction of sp³-hybridized carbons (Fsp3) is 0.167. The van der Waals surface area contributed by atoms with Crippen LogP contribution >= 0.6 is 0 Å². The Morgan fingerprint density at radius 1 is 1.35 bits per heavy atom. The highest BCUT2D eigenvalue weighted by molar-refractivity contribution is 5.68. The summed E-state index contributed by atoms with van der Waals surface area (Å²) in [6, 6.07) is 9.45. The molecule has 0 fully saturated rings. The van der Waals surface area contributed by atoms with Gasteiger partial charge in [0, 0.05) is 12.6 Å². The lowest BCUT2D eigenvalue weighted by molar-refractivity contribution is 0.415. The van der Waals surface area contributed by atoms with Crippen molar-refractivity contribution in [1.29, 1.82) is 5.26 Å². The molecule has 1 heterocycles. The van der Waals surface area contributed by atoms with Gasteiger partial charge in [-0.2, -0.15) is 5.26 Å². The first-order valence-electron chi connectivity index (χ1n) is 5.04. The fourth-order valence-electron chi connectivity index (χ4n) is 1.67. The van der Waals surface area contributed by atoms with E-state index in [2.05, 4.69) is 4.98 Å². The lowest BCUT2D eigenvalue weighted by Gasteiger charge is -2.05. The van der Waals surface area contributed by atoms with Crippen molar-refractivity contribution in [2.24, 2.45) is 7.05 Å². The van der Waals surface area contributed by atoms with Crippen molar-refractivity contribution in [3.8, 4) is 23.1 Å². The van der Waals surface area contributed by atoms with E-state index in [0.29, 0.717) is 17.3 Å². The Balaban J connectivity index is 2.56. The number of anilines is 1. The lowest BCUT2D eigenvalue weighted by Crippen LogP contribution is -1.98. The van der Waals surface area contributed by atoms with Crippen LogP contribution < -0.4 is 10.5 Å². The number of aromatic nitrogens is 2. The molecule has 0 bridgehead atoms. The van der Waals surface area contributed by atoms with Crippen molar-refractivity contribution in [2.75, 3.05) is 12.8 Å². The van der Waals surface area contributed by atoms with Crippen LogP contribution in [0.4, 0.5) is 5.95 Å². The largest absolute Gasteiger partial charge is 0.497 e. The molecule has 0 spiro atoms. The van der Waals surface area contributed by atoms with Crippen molar-refractivity contribution < 1.29 is 4.74 Å². The molecule has 2 rings (SSSR count). The molecule has 0 radical (unpaired) electrons. The van der Waals surface area contributed by atoms with E-state index >= 15 is 0 Å². The number of ether oxygens (including phenoxy) is 1. The first kappa shape index (κ1) is 11.0. The van der Waals surface area contributed by atoms with Gasteiger partial charge in [0.1, 0.15) is 11.8 Å². The van der Waals surface area contributed by atoms with Gasteiger partial charge in [0.15, 0.2) is 5.69 Å². The average molecular weight is 228 g/mol. The number of rotatable bonds is 2. The molecule has 0 aliphatic carbocycles. The number of nitrogens with two attached hydrogens (primary N) is 1. The second-order valence-electron chi connectivity index (χ2n) is 3.57.